The van der Waals surface area contributed by atoms with E-state index in [0.717, 1.165) is 11.1 Å². The number of hydrogen-bond donors (Lipinski definition) is 2. The van der Waals surface area contributed by atoms with E-state index in [1.54, 1.807) is 24.3 Å². The van der Waals surface area contributed by atoms with Crippen LogP contribution in [0.4, 0.5) is 8.78 Å². The summed E-state index contributed by atoms with van der Waals surface area (Å²) in [5, 5.41) is 3.16. The molecule has 1 saturated heterocycles. The monoisotopic (exact) mass is 331 g/mol. The van der Waals surface area contributed by atoms with Crippen LogP contribution in [0.25, 0.3) is 0 Å². The van der Waals surface area contributed by atoms with Gasteiger partial charge in [0.25, 0.3) is 0 Å². The van der Waals surface area contributed by atoms with Gasteiger partial charge in [0.2, 0.25) is 5.91 Å². The Morgan fingerprint density at radius 3 is 2.00 bits per heavy atom. The minimum absolute atomic E-state index is 0.300. The van der Waals surface area contributed by atoms with Crippen LogP contribution in [0.1, 0.15) is 17.2 Å². The van der Waals surface area contributed by atoms with Crippen molar-refractivity contribution in [1.82, 2.24) is 10.2 Å². The first kappa shape index (κ1) is 16.5. The number of halogens is 2. The minimum atomic E-state index is -0.487. The first-order valence-corrected chi connectivity index (χ1v) is 7.83. The van der Waals surface area contributed by atoms with Gasteiger partial charge >= 0.3 is 0 Å². The van der Waals surface area contributed by atoms with Crippen molar-refractivity contribution in [1.29, 1.82) is 0 Å². The van der Waals surface area contributed by atoms with E-state index >= 15 is 0 Å². The van der Waals surface area contributed by atoms with Crippen LogP contribution in [-0.2, 0) is 4.79 Å². The fourth-order valence-electron chi connectivity index (χ4n) is 3.16. The highest BCUT2D eigenvalue weighted by Gasteiger charge is 2.34. The van der Waals surface area contributed by atoms with Gasteiger partial charge in [-0.15, -0.1) is 0 Å². The summed E-state index contributed by atoms with van der Waals surface area (Å²) < 4.78 is 26.6. The van der Waals surface area contributed by atoms with Crippen molar-refractivity contribution in [2.45, 2.75) is 12.1 Å². The Labute approximate surface area is 139 Å². The topological polar surface area (TPSA) is 58.4 Å². The number of carbonyl (C=O) groups is 1. The summed E-state index contributed by atoms with van der Waals surface area (Å²) >= 11 is 0. The van der Waals surface area contributed by atoms with E-state index in [9.17, 15) is 13.6 Å². The maximum atomic E-state index is 13.3. The molecule has 1 fully saturated rings. The van der Waals surface area contributed by atoms with Crippen LogP contribution < -0.4 is 11.1 Å². The first-order chi connectivity index (χ1) is 11.6. The fraction of sp³-hybridized carbons (Fsp3) is 0.278. The van der Waals surface area contributed by atoms with Gasteiger partial charge in [0.15, 0.2) is 0 Å². The summed E-state index contributed by atoms with van der Waals surface area (Å²) in [6.45, 7) is 1.77. The third-order valence-corrected chi connectivity index (χ3v) is 4.32. The van der Waals surface area contributed by atoms with Gasteiger partial charge in [-0.1, -0.05) is 24.3 Å². The molecule has 126 valence electrons. The Kier molecular flexibility index (Phi) is 4.87. The first-order valence-electron chi connectivity index (χ1n) is 7.83. The number of carbonyl (C=O) groups excluding carboxylic acids is 1. The lowest BCUT2D eigenvalue weighted by atomic mass is 9.94. The van der Waals surface area contributed by atoms with E-state index in [0.29, 0.717) is 19.6 Å². The number of piperazine rings is 1. The molecule has 3 N–H and O–H groups in total. The van der Waals surface area contributed by atoms with Crippen molar-refractivity contribution < 1.29 is 13.6 Å². The highest BCUT2D eigenvalue weighted by molar-refractivity contribution is 5.80. The second-order valence-electron chi connectivity index (χ2n) is 5.87. The van der Waals surface area contributed by atoms with Crippen molar-refractivity contribution >= 4 is 5.91 Å². The lowest BCUT2D eigenvalue weighted by Crippen LogP contribution is -2.57. The molecule has 0 aliphatic carbocycles. The SMILES string of the molecule is NC(=O)C1CNCCN1C(c1ccc(F)cc1)c1ccc(F)cc1. The third kappa shape index (κ3) is 3.44. The summed E-state index contributed by atoms with van der Waals surface area (Å²) in [5.41, 5.74) is 7.22. The van der Waals surface area contributed by atoms with E-state index in [1.807, 2.05) is 4.90 Å². The Morgan fingerprint density at radius 2 is 1.54 bits per heavy atom. The van der Waals surface area contributed by atoms with Gasteiger partial charge in [-0.2, -0.15) is 0 Å². The van der Waals surface area contributed by atoms with E-state index in [4.69, 9.17) is 5.73 Å². The number of nitrogens with two attached hydrogens (primary N) is 1. The van der Waals surface area contributed by atoms with Crippen molar-refractivity contribution in [3.63, 3.8) is 0 Å². The van der Waals surface area contributed by atoms with Crippen LogP contribution >= 0.6 is 0 Å². The largest absolute Gasteiger partial charge is 0.368 e. The molecule has 24 heavy (non-hydrogen) atoms. The highest BCUT2D eigenvalue weighted by Crippen LogP contribution is 2.31. The van der Waals surface area contributed by atoms with E-state index in [2.05, 4.69) is 5.32 Å². The highest BCUT2D eigenvalue weighted by atomic mass is 19.1. The summed E-state index contributed by atoms with van der Waals surface area (Å²) in [4.78, 5) is 13.8. The Hall–Kier alpha value is -2.31. The van der Waals surface area contributed by atoms with Crippen LogP contribution in [0.3, 0.4) is 0 Å². The zero-order valence-corrected chi connectivity index (χ0v) is 13.1. The minimum Gasteiger partial charge on any atom is -0.368 e. The molecule has 1 aliphatic rings. The molecule has 6 heteroatoms. The average molecular weight is 331 g/mol. The Morgan fingerprint density at radius 1 is 1.04 bits per heavy atom. The molecule has 1 aliphatic heterocycles. The van der Waals surface area contributed by atoms with Crippen LogP contribution in [0, 0.1) is 11.6 Å². The van der Waals surface area contributed by atoms with Gasteiger partial charge in [-0.3, -0.25) is 9.69 Å². The molecule has 1 heterocycles. The van der Waals surface area contributed by atoms with E-state index in [-0.39, 0.29) is 17.7 Å². The standard InChI is InChI=1S/C18H19F2N3O/c19-14-5-1-12(2-6-14)17(13-3-7-15(20)8-4-13)23-10-9-22-11-16(23)18(21)24/h1-8,16-17,22H,9-11H2,(H2,21,24). The summed E-state index contributed by atoms with van der Waals surface area (Å²) in [5.74, 6) is -1.08. The number of primary amides is 1. The summed E-state index contributed by atoms with van der Waals surface area (Å²) in [6, 6.07) is 11.5. The molecule has 0 aromatic heterocycles. The van der Waals surface area contributed by atoms with Crippen LogP contribution in [-0.4, -0.2) is 36.5 Å². The summed E-state index contributed by atoms with van der Waals surface area (Å²) in [7, 11) is 0. The zero-order valence-electron chi connectivity index (χ0n) is 13.1. The number of hydrogen-bond acceptors (Lipinski definition) is 3. The van der Waals surface area contributed by atoms with Crippen LogP contribution in [0.2, 0.25) is 0 Å². The molecule has 1 unspecified atom stereocenters. The molecule has 3 rings (SSSR count). The van der Waals surface area contributed by atoms with Gasteiger partial charge in [0, 0.05) is 19.6 Å². The maximum Gasteiger partial charge on any atom is 0.236 e. The fourth-order valence-corrected chi connectivity index (χ4v) is 3.16. The second-order valence-corrected chi connectivity index (χ2v) is 5.87. The third-order valence-electron chi connectivity index (χ3n) is 4.32. The molecule has 2 aromatic rings. The predicted octanol–water partition coefficient (Wildman–Crippen LogP) is 1.81. The second kappa shape index (κ2) is 7.07. The van der Waals surface area contributed by atoms with Crippen molar-refractivity contribution in [3.05, 3.63) is 71.3 Å². The number of rotatable bonds is 4. The number of nitrogens with one attached hydrogen (secondary N) is 1. The predicted molar refractivity (Wildman–Crippen MR) is 87.2 cm³/mol. The lowest BCUT2D eigenvalue weighted by Gasteiger charge is -2.40. The molecule has 0 spiro atoms. The molecule has 2 aromatic carbocycles. The molecule has 0 bridgehead atoms. The van der Waals surface area contributed by atoms with Gasteiger partial charge in [-0.25, -0.2) is 8.78 Å². The smallest absolute Gasteiger partial charge is 0.236 e. The van der Waals surface area contributed by atoms with Gasteiger partial charge in [0.05, 0.1) is 6.04 Å². The lowest BCUT2D eigenvalue weighted by molar-refractivity contribution is -0.124. The van der Waals surface area contributed by atoms with E-state index < -0.39 is 11.9 Å². The molecule has 0 saturated carbocycles. The van der Waals surface area contributed by atoms with Crippen molar-refractivity contribution in [2.24, 2.45) is 5.73 Å². The molecular weight excluding hydrogens is 312 g/mol. The Balaban J connectivity index is 2.05. The number of amides is 1. The van der Waals surface area contributed by atoms with Gasteiger partial charge in [-0.05, 0) is 35.4 Å². The van der Waals surface area contributed by atoms with Crippen molar-refractivity contribution in [3.8, 4) is 0 Å². The number of benzene rings is 2. The van der Waals surface area contributed by atoms with E-state index in [1.165, 1.54) is 24.3 Å². The quantitative estimate of drug-likeness (QED) is 0.898. The molecule has 0 radical (unpaired) electrons. The maximum absolute atomic E-state index is 13.3. The van der Waals surface area contributed by atoms with Crippen LogP contribution in [0.5, 0.6) is 0 Å². The molecule has 1 amide bonds. The molecule has 4 nitrogen and oxygen atoms in total. The zero-order chi connectivity index (χ0) is 17.1. The Bertz CT molecular complexity index is 658. The molecular formula is C18H19F2N3O. The normalized spacial score (nSPS) is 18.7. The summed E-state index contributed by atoms with van der Waals surface area (Å²) in [6.07, 6.45) is 0. The van der Waals surface area contributed by atoms with Gasteiger partial charge < -0.3 is 11.1 Å². The number of nitrogens with zero attached hydrogens (tertiary/aromatic N) is 1. The van der Waals surface area contributed by atoms with Crippen LogP contribution in [0.15, 0.2) is 48.5 Å². The van der Waals surface area contributed by atoms with Crippen molar-refractivity contribution in [2.75, 3.05) is 19.6 Å². The van der Waals surface area contributed by atoms with Gasteiger partial charge in [0.1, 0.15) is 17.7 Å². The molecule has 1 atom stereocenters. The average Bonchev–Trinajstić information content (AvgIpc) is 2.59.